The Balaban J connectivity index is 2.41. The van der Waals surface area contributed by atoms with E-state index in [1.807, 2.05) is 12.1 Å². The highest BCUT2D eigenvalue weighted by molar-refractivity contribution is 7.09. The molecule has 0 amide bonds. The minimum Gasteiger partial charge on any atom is -0.304 e. The van der Waals surface area contributed by atoms with Crippen LogP contribution in [0.15, 0.2) is 23.6 Å². The summed E-state index contributed by atoms with van der Waals surface area (Å²) in [6.45, 7) is 9.43. The molecule has 0 bridgehead atoms. The second kappa shape index (κ2) is 6.66. The summed E-state index contributed by atoms with van der Waals surface area (Å²) >= 11 is 14.0. The second-order valence-electron chi connectivity index (χ2n) is 5.98. The molecule has 2 aromatic rings. The molecule has 0 radical (unpaired) electrons. The fraction of sp³-hybridized carbons (Fsp3) is 0.438. The summed E-state index contributed by atoms with van der Waals surface area (Å²) in [4.78, 5) is 4.80. The molecule has 1 N–H and O–H groups in total. The van der Waals surface area contributed by atoms with Crippen LogP contribution in [0.4, 0.5) is 0 Å². The third-order valence-electron chi connectivity index (χ3n) is 3.22. The molecule has 1 unspecified atom stereocenters. The van der Waals surface area contributed by atoms with Crippen molar-refractivity contribution in [3.8, 4) is 0 Å². The Bertz CT molecular complexity index is 617. The molecular formula is C16H20Cl2N2S. The van der Waals surface area contributed by atoms with Crippen LogP contribution in [0.25, 0.3) is 0 Å². The standard InChI is InChI=1S/C16H20Cl2N2S/c1-5-19-14(11-7-6-10(17)8-12(11)18)15-20-13(9-21-15)16(2,3)4/h6-9,14,19H,5H2,1-4H3. The lowest BCUT2D eigenvalue weighted by atomic mass is 9.93. The average Bonchev–Trinajstić information content (AvgIpc) is 2.86. The summed E-state index contributed by atoms with van der Waals surface area (Å²) in [6.07, 6.45) is 0. The van der Waals surface area contributed by atoms with Gasteiger partial charge in [0.05, 0.1) is 11.7 Å². The van der Waals surface area contributed by atoms with E-state index in [2.05, 4.69) is 38.4 Å². The number of hydrogen-bond donors (Lipinski definition) is 1. The molecule has 2 rings (SSSR count). The van der Waals surface area contributed by atoms with E-state index >= 15 is 0 Å². The molecule has 0 fully saturated rings. The van der Waals surface area contributed by atoms with Crippen LogP contribution in [-0.4, -0.2) is 11.5 Å². The van der Waals surface area contributed by atoms with Crippen molar-refractivity contribution in [2.24, 2.45) is 0 Å². The molecule has 0 aliphatic rings. The summed E-state index contributed by atoms with van der Waals surface area (Å²) in [5, 5.41) is 7.94. The van der Waals surface area contributed by atoms with Gasteiger partial charge >= 0.3 is 0 Å². The first-order valence-electron chi connectivity index (χ1n) is 6.97. The van der Waals surface area contributed by atoms with Crippen LogP contribution in [0.5, 0.6) is 0 Å². The van der Waals surface area contributed by atoms with E-state index < -0.39 is 0 Å². The molecule has 1 aromatic carbocycles. The molecule has 0 saturated heterocycles. The summed E-state index contributed by atoms with van der Waals surface area (Å²) in [7, 11) is 0. The zero-order valence-electron chi connectivity index (χ0n) is 12.7. The van der Waals surface area contributed by atoms with Gasteiger partial charge in [0.25, 0.3) is 0 Å². The van der Waals surface area contributed by atoms with Crippen molar-refractivity contribution in [2.45, 2.75) is 39.2 Å². The van der Waals surface area contributed by atoms with Crippen LogP contribution in [0.3, 0.4) is 0 Å². The van der Waals surface area contributed by atoms with E-state index in [0.29, 0.717) is 10.0 Å². The first-order chi connectivity index (χ1) is 9.82. The van der Waals surface area contributed by atoms with E-state index in [9.17, 15) is 0 Å². The molecule has 0 saturated carbocycles. The SMILES string of the molecule is CCNC(c1nc(C(C)(C)C)cs1)c1ccc(Cl)cc1Cl. The Morgan fingerprint density at radius 1 is 1.29 bits per heavy atom. The Labute approximate surface area is 140 Å². The molecule has 2 nitrogen and oxygen atoms in total. The Morgan fingerprint density at radius 2 is 2.00 bits per heavy atom. The van der Waals surface area contributed by atoms with Crippen LogP contribution >= 0.6 is 34.5 Å². The smallest absolute Gasteiger partial charge is 0.114 e. The zero-order valence-corrected chi connectivity index (χ0v) is 15.0. The highest BCUT2D eigenvalue weighted by Gasteiger charge is 2.23. The molecule has 1 heterocycles. The highest BCUT2D eigenvalue weighted by Crippen LogP contribution is 2.34. The molecule has 0 aliphatic heterocycles. The number of nitrogens with zero attached hydrogens (tertiary/aromatic N) is 1. The molecule has 0 aliphatic carbocycles. The third-order valence-corrected chi connectivity index (χ3v) is 4.69. The van der Waals surface area contributed by atoms with E-state index in [0.717, 1.165) is 22.8 Å². The van der Waals surface area contributed by atoms with Gasteiger partial charge in [-0.1, -0.05) is 57.0 Å². The minimum absolute atomic E-state index is 0.000802. The predicted octanol–water partition coefficient (Wildman–Crippen LogP) is 5.45. The van der Waals surface area contributed by atoms with E-state index in [1.165, 1.54) is 0 Å². The number of aromatic nitrogens is 1. The topological polar surface area (TPSA) is 24.9 Å². The third kappa shape index (κ3) is 3.98. The molecule has 0 spiro atoms. The van der Waals surface area contributed by atoms with Gasteiger partial charge in [0.2, 0.25) is 0 Å². The Kier molecular flexibility index (Phi) is 5.31. The van der Waals surface area contributed by atoms with Crippen LogP contribution in [-0.2, 0) is 5.41 Å². The van der Waals surface area contributed by atoms with Gasteiger partial charge < -0.3 is 5.32 Å². The van der Waals surface area contributed by atoms with Gasteiger partial charge in [-0.3, -0.25) is 0 Å². The summed E-state index contributed by atoms with van der Waals surface area (Å²) in [5.41, 5.74) is 2.17. The van der Waals surface area contributed by atoms with Gasteiger partial charge in [-0.25, -0.2) is 4.98 Å². The van der Waals surface area contributed by atoms with Crippen molar-refractivity contribution >= 4 is 34.5 Å². The van der Waals surface area contributed by atoms with E-state index in [4.69, 9.17) is 28.2 Å². The summed E-state index contributed by atoms with van der Waals surface area (Å²) < 4.78 is 0. The molecule has 1 aromatic heterocycles. The molecule has 21 heavy (non-hydrogen) atoms. The number of thiazole rings is 1. The summed E-state index contributed by atoms with van der Waals surface area (Å²) in [5.74, 6) is 0. The van der Waals surface area contributed by atoms with Crippen molar-refractivity contribution in [3.63, 3.8) is 0 Å². The van der Waals surface area contributed by atoms with E-state index in [1.54, 1.807) is 17.4 Å². The van der Waals surface area contributed by atoms with Gasteiger partial charge in [0, 0.05) is 20.8 Å². The Morgan fingerprint density at radius 3 is 2.52 bits per heavy atom. The van der Waals surface area contributed by atoms with Crippen LogP contribution in [0.1, 0.15) is 50.0 Å². The Hall–Kier alpha value is -0.610. The molecule has 5 heteroatoms. The highest BCUT2D eigenvalue weighted by atomic mass is 35.5. The average molecular weight is 343 g/mol. The molecular weight excluding hydrogens is 323 g/mol. The first-order valence-corrected chi connectivity index (χ1v) is 8.60. The molecule has 1 atom stereocenters. The number of rotatable bonds is 4. The minimum atomic E-state index is 0.000802. The number of benzene rings is 1. The van der Waals surface area contributed by atoms with E-state index in [-0.39, 0.29) is 11.5 Å². The van der Waals surface area contributed by atoms with Crippen molar-refractivity contribution in [1.29, 1.82) is 0 Å². The quantitative estimate of drug-likeness (QED) is 0.799. The van der Waals surface area contributed by atoms with Gasteiger partial charge in [0.1, 0.15) is 5.01 Å². The number of hydrogen-bond acceptors (Lipinski definition) is 3. The van der Waals surface area contributed by atoms with Gasteiger partial charge in [0.15, 0.2) is 0 Å². The van der Waals surface area contributed by atoms with Crippen LogP contribution in [0.2, 0.25) is 10.0 Å². The predicted molar refractivity (Wildman–Crippen MR) is 92.8 cm³/mol. The lowest BCUT2D eigenvalue weighted by Gasteiger charge is -2.18. The van der Waals surface area contributed by atoms with Crippen LogP contribution in [0, 0.1) is 0 Å². The van der Waals surface area contributed by atoms with Gasteiger partial charge in [-0.15, -0.1) is 11.3 Å². The lowest BCUT2D eigenvalue weighted by Crippen LogP contribution is -2.22. The summed E-state index contributed by atoms with van der Waals surface area (Å²) in [6, 6.07) is 5.61. The van der Waals surface area contributed by atoms with Gasteiger partial charge in [-0.2, -0.15) is 0 Å². The van der Waals surface area contributed by atoms with Crippen molar-refractivity contribution in [3.05, 3.63) is 49.9 Å². The maximum atomic E-state index is 6.36. The number of halogens is 2. The van der Waals surface area contributed by atoms with Gasteiger partial charge in [-0.05, 0) is 24.2 Å². The van der Waals surface area contributed by atoms with Crippen LogP contribution < -0.4 is 5.32 Å². The fourth-order valence-electron chi connectivity index (χ4n) is 2.03. The second-order valence-corrected chi connectivity index (χ2v) is 7.71. The maximum Gasteiger partial charge on any atom is 0.114 e. The van der Waals surface area contributed by atoms with Crippen molar-refractivity contribution in [2.75, 3.05) is 6.54 Å². The maximum absolute atomic E-state index is 6.36. The monoisotopic (exact) mass is 342 g/mol. The van der Waals surface area contributed by atoms with Crippen molar-refractivity contribution in [1.82, 2.24) is 10.3 Å². The zero-order chi connectivity index (χ0) is 15.6. The normalized spacial score (nSPS) is 13.4. The van der Waals surface area contributed by atoms with Crippen molar-refractivity contribution < 1.29 is 0 Å². The largest absolute Gasteiger partial charge is 0.304 e. The molecule has 114 valence electrons. The number of nitrogens with one attached hydrogen (secondary N) is 1. The lowest BCUT2D eigenvalue weighted by molar-refractivity contribution is 0.562. The first kappa shape index (κ1) is 16.8. The fourth-order valence-corrected chi connectivity index (χ4v) is 3.69.